The third-order valence-corrected chi connectivity index (χ3v) is 1.06. The molecule has 0 saturated carbocycles. The first kappa shape index (κ1) is 6.29. The molecule has 0 fully saturated rings. The van der Waals surface area contributed by atoms with Crippen molar-refractivity contribution in [3.8, 4) is 0 Å². The van der Waals surface area contributed by atoms with Gasteiger partial charge in [0.05, 0.1) is 6.20 Å². The fourth-order valence-corrected chi connectivity index (χ4v) is 0.663. The summed E-state index contributed by atoms with van der Waals surface area (Å²) in [5.41, 5.74) is 5.28. The molecule has 0 aliphatic heterocycles. The minimum Gasteiger partial charge on any atom is -0.446 e. The van der Waals surface area contributed by atoms with Crippen LogP contribution in [0.3, 0.4) is 0 Å². The van der Waals surface area contributed by atoms with Crippen molar-refractivity contribution in [3.63, 3.8) is 0 Å². The van der Waals surface area contributed by atoms with Crippen LogP contribution in [0.5, 0.6) is 0 Å². The largest absolute Gasteiger partial charge is 0.446 e. The second kappa shape index (κ2) is 2.64. The average molecular weight is 126 g/mol. The van der Waals surface area contributed by atoms with Crippen LogP contribution in [0.15, 0.2) is 10.6 Å². The normalized spacial score (nSPS) is 10.0. The smallest absolute Gasteiger partial charge is 0.191 e. The zero-order chi connectivity index (χ0) is 6.69. The first-order valence-electron chi connectivity index (χ1n) is 2.94. The van der Waals surface area contributed by atoms with Crippen molar-refractivity contribution in [2.75, 3.05) is 6.54 Å². The van der Waals surface area contributed by atoms with Crippen LogP contribution in [0.4, 0.5) is 0 Å². The predicted molar refractivity (Wildman–Crippen MR) is 34.0 cm³/mol. The predicted octanol–water partition coefficient (Wildman–Crippen LogP) is 0.484. The summed E-state index contributed by atoms with van der Waals surface area (Å²) in [5, 5.41) is 0. The topological polar surface area (TPSA) is 52.0 Å². The number of hydrogen-bond acceptors (Lipinski definition) is 3. The summed E-state index contributed by atoms with van der Waals surface area (Å²) in [5.74, 6) is 1.58. The average Bonchev–Trinajstić information content (AvgIpc) is 2.17. The first-order valence-corrected chi connectivity index (χ1v) is 2.94. The van der Waals surface area contributed by atoms with Gasteiger partial charge in [0.15, 0.2) is 5.89 Å². The van der Waals surface area contributed by atoms with Crippen LogP contribution in [0, 0.1) is 6.92 Å². The minimum absolute atomic E-state index is 0.620. The highest BCUT2D eigenvalue weighted by Crippen LogP contribution is 2.00. The molecule has 0 amide bonds. The van der Waals surface area contributed by atoms with Gasteiger partial charge >= 0.3 is 0 Å². The van der Waals surface area contributed by atoms with Crippen molar-refractivity contribution in [1.29, 1.82) is 0 Å². The molecule has 3 nitrogen and oxygen atoms in total. The molecule has 9 heavy (non-hydrogen) atoms. The number of aryl methyl sites for hydroxylation is 1. The lowest BCUT2D eigenvalue weighted by molar-refractivity contribution is 0.476. The highest BCUT2D eigenvalue weighted by Gasteiger charge is 1.95. The van der Waals surface area contributed by atoms with E-state index in [0.717, 1.165) is 12.2 Å². The Kier molecular flexibility index (Phi) is 1.85. The van der Waals surface area contributed by atoms with Crippen LogP contribution in [-0.4, -0.2) is 11.5 Å². The molecule has 0 unspecified atom stereocenters. The van der Waals surface area contributed by atoms with Gasteiger partial charge in [-0.2, -0.15) is 0 Å². The zero-order valence-corrected chi connectivity index (χ0v) is 5.42. The molecule has 0 aromatic carbocycles. The summed E-state index contributed by atoms with van der Waals surface area (Å²) in [6, 6.07) is 0. The van der Waals surface area contributed by atoms with E-state index in [-0.39, 0.29) is 0 Å². The summed E-state index contributed by atoms with van der Waals surface area (Å²) in [6.45, 7) is 2.44. The quantitative estimate of drug-likeness (QED) is 0.627. The van der Waals surface area contributed by atoms with E-state index in [9.17, 15) is 0 Å². The van der Waals surface area contributed by atoms with Gasteiger partial charge in [0.25, 0.3) is 0 Å². The maximum absolute atomic E-state index is 5.28. The molecule has 0 spiro atoms. The molecule has 1 aromatic heterocycles. The maximum Gasteiger partial charge on any atom is 0.191 e. The highest BCUT2D eigenvalue weighted by atomic mass is 16.3. The molecule has 0 aliphatic carbocycles. The van der Waals surface area contributed by atoms with Crippen molar-refractivity contribution < 1.29 is 4.42 Å². The summed E-state index contributed by atoms with van der Waals surface area (Å²) >= 11 is 0. The van der Waals surface area contributed by atoms with E-state index in [0.29, 0.717) is 12.4 Å². The molecule has 1 heterocycles. The molecule has 2 N–H and O–H groups in total. The summed E-state index contributed by atoms with van der Waals surface area (Å²) < 4.78 is 5.13. The van der Waals surface area contributed by atoms with Gasteiger partial charge in [-0.15, -0.1) is 0 Å². The summed E-state index contributed by atoms with van der Waals surface area (Å²) in [4.78, 5) is 3.91. The van der Waals surface area contributed by atoms with Crippen LogP contribution in [0.25, 0.3) is 0 Å². The van der Waals surface area contributed by atoms with Gasteiger partial charge in [0.1, 0.15) is 5.76 Å². The molecule has 50 valence electrons. The molecular weight excluding hydrogens is 116 g/mol. The minimum atomic E-state index is 0.620. The maximum atomic E-state index is 5.28. The second-order valence-corrected chi connectivity index (χ2v) is 1.88. The Balaban J connectivity index is 2.61. The fourth-order valence-electron chi connectivity index (χ4n) is 0.663. The van der Waals surface area contributed by atoms with Gasteiger partial charge in [-0.25, -0.2) is 4.98 Å². The Morgan fingerprint density at radius 1 is 1.78 bits per heavy atom. The van der Waals surface area contributed by atoms with Gasteiger partial charge < -0.3 is 10.2 Å². The molecule has 0 bridgehead atoms. The van der Waals surface area contributed by atoms with Gasteiger partial charge in [0.2, 0.25) is 0 Å². The van der Waals surface area contributed by atoms with Crippen LogP contribution in [-0.2, 0) is 6.42 Å². The first-order chi connectivity index (χ1) is 4.33. The third-order valence-electron chi connectivity index (χ3n) is 1.06. The Bertz CT molecular complexity index is 183. The van der Waals surface area contributed by atoms with Crippen molar-refractivity contribution in [1.82, 2.24) is 4.98 Å². The van der Waals surface area contributed by atoms with E-state index >= 15 is 0 Å². The van der Waals surface area contributed by atoms with E-state index in [2.05, 4.69) is 4.98 Å². The van der Waals surface area contributed by atoms with Crippen molar-refractivity contribution in [2.45, 2.75) is 13.3 Å². The fraction of sp³-hybridized carbons (Fsp3) is 0.500. The van der Waals surface area contributed by atoms with E-state index in [1.165, 1.54) is 0 Å². The molecule has 0 atom stereocenters. The third kappa shape index (κ3) is 1.54. The van der Waals surface area contributed by atoms with Crippen molar-refractivity contribution in [3.05, 3.63) is 17.8 Å². The van der Waals surface area contributed by atoms with Gasteiger partial charge in [-0.05, 0) is 6.54 Å². The van der Waals surface area contributed by atoms with Crippen LogP contribution in [0.2, 0.25) is 0 Å². The number of oxazole rings is 1. The Hall–Kier alpha value is -0.830. The SMILES string of the molecule is Cc1ncc(CCN)o1. The molecule has 0 radical (unpaired) electrons. The second-order valence-electron chi connectivity index (χ2n) is 1.88. The lowest BCUT2D eigenvalue weighted by Crippen LogP contribution is -2.01. The molecule has 1 aromatic rings. The van der Waals surface area contributed by atoms with Crippen molar-refractivity contribution >= 4 is 0 Å². The number of nitrogens with zero attached hydrogens (tertiary/aromatic N) is 1. The number of rotatable bonds is 2. The van der Waals surface area contributed by atoms with Crippen molar-refractivity contribution in [2.24, 2.45) is 5.73 Å². The van der Waals surface area contributed by atoms with Gasteiger partial charge in [-0.3, -0.25) is 0 Å². The summed E-state index contributed by atoms with van der Waals surface area (Å²) in [7, 11) is 0. The standard InChI is InChI=1S/C6H10N2O/c1-5-8-4-6(9-5)2-3-7/h4H,2-3,7H2,1H3. The van der Waals surface area contributed by atoms with Crippen LogP contribution < -0.4 is 5.73 Å². The van der Waals surface area contributed by atoms with E-state index in [1.54, 1.807) is 6.20 Å². The molecule has 0 aliphatic rings. The van der Waals surface area contributed by atoms with Crippen LogP contribution >= 0.6 is 0 Å². The zero-order valence-electron chi connectivity index (χ0n) is 5.42. The Morgan fingerprint density at radius 3 is 3.00 bits per heavy atom. The molecule has 3 heteroatoms. The van der Waals surface area contributed by atoms with E-state index < -0.39 is 0 Å². The van der Waals surface area contributed by atoms with Gasteiger partial charge in [0, 0.05) is 13.3 Å². The van der Waals surface area contributed by atoms with E-state index in [4.69, 9.17) is 10.2 Å². The lowest BCUT2D eigenvalue weighted by Gasteiger charge is -1.86. The number of hydrogen-bond donors (Lipinski definition) is 1. The number of aromatic nitrogens is 1. The van der Waals surface area contributed by atoms with Gasteiger partial charge in [-0.1, -0.05) is 0 Å². The van der Waals surface area contributed by atoms with Crippen LogP contribution in [0.1, 0.15) is 11.7 Å². The molecular formula is C6H10N2O. The van der Waals surface area contributed by atoms with E-state index in [1.807, 2.05) is 6.92 Å². The molecule has 1 rings (SSSR count). The molecule has 0 saturated heterocycles. The Labute approximate surface area is 53.9 Å². The highest BCUT2D eigenvalue weighted by molar-refractivity contribution is 4.92. The number of nitrogens with two attached hydrogens (primary N) is 1. The Morgan fingerprint density at radius 2 is 2.56 bits per heavy atom. The lowest BCUT2D eigenvalue weighted by atomic mass is 10.4. The monoisotopic (exact) mass is 126 g/mol. The summed E-state index contributed by atoms with van der Waals surface area (Å²) in [6.07, 6.45) is 2.49.